The second-order valence-electron chi connectivity index (χ2n) is 6.71. The monoisotopic (exact) mass is 480 g/mol. The predicted molar refractivity (Wildman–Crippen MR) is 124 cm³/mol. The van der Waals surface area contributed by atoms with Crippen LogP contribution >= 0.6 is 35.4 Å². The number of thiocarbonyl (C=S) groups is 1. The Labute approximate surface area is 193 Å². The first kappa shape index (κ1) is 22.8. The molecule has 1 unspecified atom stereocenters. The summed E-state index contributed by atoms with van der Waals surface area (Å²) in [6, 6.07) is 8.48. The van der Waals surface area contributed by atoms with E-state index in [1.165, 1.54) is 19.2 Å². The van der Waals surface area contributed by atoms with E-state index in [1.807, 2.05) is 0 Å². The molecule has 162 valence electrons. The van der Waals surface area contributed by atoms with E-state index in [0.29, 0.717) is 38.4 Å². The van der Waals surface area contributed by atoms with Gasteiger partial charge >= 0.3 is 0 Å². The molecule has 31 heavy (non-hydrogen) atoms. The molecule has 0 fully saturated rings. The van der Waals surface area contributed by atoms with E-state index >= 15 is 0 Å². The molecule has 0 saturated heterocycles. The minimum Gasteiger partial charge on any atom is -0.495 e. The Morgan fingerprint density at radius 3 is 2.65 bits per heavy atom. The SMILES string of the molecule is COc1cc(Cl)ccc1NC(=O)C1=C(C)N(C)C(=S)NC1c1ccc(Cl)c([N+](=O)[O-])c1. The summed E-state index contributed by atoms with van der Waals surface area (Å²) in [6.07, 6.45) is 0. The first-order valence-corrected chi connectivity index (χ1v) is 10.1. The lowest BCUT2D eigenvalue weighted by atomic mass is 9.94. The van der Waals surface area contributed by atoms with Gasteiger partial charge in [-0.3, -0.25) is 14.9 Å². The lowest BCUT2D eigenvalue weighted by Gasteiger charge is -2.35. The molecular formula is C20H18Cl2N4O4S. The second-order valence-corrected chi connectivity index (χ2v) is 7.94. The fourth-order valence-electron chi connectivity index (χ4n) is 3.19. The van der Waals surface area contributed by atoms with Crippen molar-refractivity contribution in [2.24, 2.45) is 0 Å². The lowest BCUT2D eigenvalue weighted by Crippen LogP contribution is -2.46. The average Bonchev–Trinajstić information content (AvgIpc) is 2.73. The van der Waals surface area contributed by atoms with Crippen molar-refractivity contribution < 1.29 is 14.5 Å². The maximum Gasteiger partial charge on any atom is 0.288 e. The Morgan fingerprint density at radius 2 is 2.00 bits per heavy atom. The molecule has 1 aliphatic rings. The number of methoxy groups -OCH3 is 1. The number of amides is 1. The first-order chi connectivity index (χ1) is 14.6. The zero-order valence-corrected chi connectivity index (χ0v) is 19.1. The summed E-state index contributed by atoms with van der Waals surface area (Å²) in [5, 5.41) is 18.1. The van der Waals surface area contributed by atoms with Crippen LogP contribution in [-0.2, 0) is 4.79 Å². The molecule has 2 aromatic rings. The van der Waals surface area contributed by atoms with E-state index in [0.717, 1.165) is 0 Å². The van der Waals surface area contributed by atoms with Crippen molar-refractivity contribution in [1.82, 2.24) is 10.2 Å². The second kappa shape index (κ2) is 9.09. The van der Waals surface area contributed by atoms with E-state index < -0.39 is 16.9 Å². The fraction of sp³-hybridized carbons (Fsp3) is 0.200. The van der Waals surface area contributed by atoms with Gasteiger partial charge in [0.2, 0.25) is 0 Å². The highest BCUT2D eigenvalue weighted by Crippen LogP contribution is 2.35. The summed E-state index contributed by atoms with van der Waals surface area (Å²) >= 11 is 17.3. The van der Waals surface area contributed by atoms with Crippen molar-refractivity contribution in [3.05, 3.63) is 73.4 Å². The highest BCUT2D eigenvalue weighted by Gasteiger charge is 2.34. The van der Waals surface area contributed by atoms with E-state index in [2.05, 4.69) is 10.6 Å². The summed E-state index contributed by atoms with van der Waals surface area (Å²) in [4.78, 5) is 25.7. The van der Waals surface area contributed by atoms with Crippen LogP contribution in [0.15, 0.2) is 47.7 Å². The van der Waals surface area contributed by atoms with E-state index in [4.69, 9.17) is 40.2 Å². The standard InChI is InChI=1S/C20H18Cl2N4O4S/c1-10-17(19(27)23-14-7-5-12(21)9-16(14)30-3)18(24-20(31)25(10)2)11-4-6-13(22)15(8-11)26(28)29/h4-9,18H,1-3H3,(H,23,27)(H,24,31). The molecule has 0 bridgehead atoms. The number of nitro benzene ring substituents is 1. The van der Waals surface area contributed by atoms with Gasteiger partial charge in [0, 0.05) is 29.9 Å². The van der Waals surface area contributed by atoms with E-state index in [1.54, 1.807) is 43.1 Å². The van der Waals surface area contributed by atoms with Gasteiger partial charge in [-0.05, 0) is 42.9 Å². The topological polar surface area (TPSA) is 96.7 Å². The number of benzene rings is 2. The molecule has 8 nitrogen and oxygen atoms in total. The molecule has 0 aromatic heterocycles. The van der Waals surface area contributed by atoms with Crippen LogP contribution in [-0.4, -0.2) is 35.0 Å². The summed E-state index contributed by atoms with van der Waals surface area (Å²) in [6.45, 7) is 1.75. The molecule has 0 spiro atoms. The number of nitrogens with zero attached hydrogens (tertiary/aromatic N) is 2. The Morgan fingerprint density at radius 1 is 1.29 bits per heavy atom. The minimum absolute atomic E-state index is 0.00172. The Balaban J connectivity index is 2.06. The number of halogens is 2. The maximum atomic E-state index is 13.3. The maximum absolute atomic E-state index is 13.3. The Kier molecular flexibility index (Phi) is 6.68. The molecule has 1 heterocycles. The largest absolute Gasteiger partial charge is 0.495 e. The van der Waals surface area contributed by atoms with Gasteiger partial charge in [0.1, 0.15) is 10.8 Å². The lowest BCUT2D eigenvalue weighted by molar-refractivity contribution is -0.384. The molecule has 0 aliphatic carbocycles. The van der Waals surface area contributed by atoms with Crippen molar-refractivity contribution >= 4 is 57.8 Å². The third kappa shape index (κ3) is 4.58. The third-order valence-corrected chi connectivity index (χ3v) is 5.86. The van der Waals surface area contributed by atoms with Crippen molar-refractivity contribution in [3.8, 4) is 5.75 Å². The number of hydrogen-bond donors (Lipinski definition) is 2. The normalized spacial score (nSPS) is 16.1. The third-order valence-electron chi connectivity index (χ3n) is 4.91. The molecule has 2 aromatic carbocycles. The van der Waals surface area contributed by atoms with Crippen molar-refractivity contribution in [1.29, 1.82) is 0 Å². The summed E-state index contributed by atoms with van der Waals surface area (Å²) in [7, 11) is 3.19. The van der Waals surface area contributed by atoms with Crippen LogP contribution in [0.2, 0.25) is 10.0 Å². The number of carbonyl (C=O) groups excluding carboxylic acids is 1. The highest BCUT2D eigenvalue weighted by molar-refractivity contribution is 7.80. The average molecular weight is 481 g/mol. The van der Waals surface area contributed by atoms with Crippen LogP contribution in [0.1, 0.15) is 18.5 Å². The van der Waals surface area contributed by atoms with Gasteiger partial charge in [-0.1, -0.05) is 29.3 Å². The van der Waals surface area contributed by atoms with Crippen molar-refractivity contribution in [3.63, 3.8) is 0 Å². The quantitative estimate of drug-likeness (QED) is 0.364. The van der Waals surface area contributed by atoms with Gasteiger partial charge in [0.05, 0.1) is 29.3 Å². The van der Waals surface area contributed by atoms with Crippen molar-refractivity contribution in [2.75, 3.05) is 19.5 Å². The predicted octanol–water partition coefficient (Wildman–Crippen LogP) is 4.68. The van der Waals surface area contributed by atoms with E-state index in [9.17, 15) is 14.9 Å². The first-order valence-electron chi connectivity index (χ1n) is 8.97. The summed E-state index contributed by atoms with van der Waals surface area (Å²) in [5.41, 5.74) is 1.57. The number of carbonyl (C=O) groups is 1. The number of nitro groups is 1. The van der Waals surface area contributed by atoms with Crippen LogP contribution in [0.4, 0.5) is 11.4 Å². The Bertz CT molecular complexity index is 1120. The molecular weight excluding hydrogens is 463 g/mol. The number of rotatable bonds is 5. The van der Waals surface area contributed by atoms with Crippen LogP contribution in [0.25, 0.3) is 0 Å². The number of ether oxygens (including phenoxy) is 1. The number of anilines is 1. The summed E-state index contributed by atoms with van der Waals surface area (Å²) < 4.78 is 5.29. The van der Waals surface area contributed by atoms with Gasteiger partial charge in [0.25, 0.3) is 11.6 Å². The number of hydrogen-bond acceptors (Lipinski definition) is 5. The zero-order chi connectivity index (χ0) is 22.9. The van der Waals surface area contributed by atoms with Gasteiger partial charge in [-0.25, -0.2) is 0 Å². The zero-order valence-electron chi connectivity index (χ0n) is 16.7. The van der Waals surface area contributed by atoms with Gasteiger partial charge in [0.15, 0.2) is 5.11 Å². The fourth-order valence-corrected chi connectivity index (χ4v) is 3.79. The van der Waals surface area contributed by atoms with Crippen molar-refractivity contribution in [2.45, 2.75) is 13.0 Å². The summed E-state index contributed by atoms with van der Waals surface area (Å²) in [5.74, 6) is -0.0343. The molecule has 0 saturated carbocycles. The minimum atomic E-state index is -0.724. The molecule has 0 radical (unpaired) electrons. The number of nitrogens with one attached hydrogen (secondary N) is 2. The Hall–Kier alpha value is -2.88. The smallest absolute Gasteiger partial charge is 0.288 e. The molecule has 3 rings (SSSR count). The van der Waals surface area contributed by atoms with Gasteiger partial charge in [-0.15, -0.1) is 0 Å². The van der Waals surface area contributed by atoms with E-state index in [-0.39, 0.29) is 10.7 Å². The number of allylic oxidation sites excluding steroid dienone is 1. The highest BCUT2D eigenvalue weighted by atomic mass is 35.5. The molecule has 1 amide bonds. The molecule has 1 aliphatic heterocycles. The van der Waals surface area contributed by atoms with Crippen LogP contribution in [0, 0.1) is 10.1 Å². The van der Waals surface area contributed by atoms with Gasteiger partial charge < -0.3 is 20.3 Å². The van der Waals surface area contributed by atoms with Crippen LogP contribution in [0.5, 0.6) is 5.75 Å². The van der Waals surface area contributed by atoms with Crippen LogP contribution < -0.4 is 15.4 Å². The molecule has 11 heteroatoms. The van der Waals surface area contributed by atoms with Gasteiger partial charge in [-0.2, -0.15) is 0 Å². The molecule has 1 atom stereocenters. The molecule has 2 N–H and O–H groups in total. The van der Waals surface area contributed by atoms with Crippen LogP contribution in [0.3, 0.4) is 0 Å².